The SMILES string of the molecule is C=Cc1ccc(C)c(O)c1C=C. The minimum absolute atomic E-state index is 0.294. The summed E-state index contributed by atoms with van der Waals surface area (Å²) in [4.78, 5) is 0. The lowest BCUT2D eigenvalue weighted by Gasteiger charge is -2.06. The average Bonchev–Trinajstić information content (AvgIpc) is 2.09. The molecule has 0 saturated heterocycles. The molecule has 0 radical (unpaired) electrons. The lowest BCUT2D eigenvalue weighted by molar-refractivity contribution is 0.469. The molecule has 1 aromatic rings. The second-order valence-corrected chi connectivity index (χ2v) is 2.64. The van der Waals surface area contributed by atoms with Gasteiger partial charge in [0.25, 0.3) is 0 Å². The Morgan fingerprint density at radius 2 is 1.92 bits per heavy atom. The third kappa shape index (κ3) is 1.26. The molecule has 0 aliphatic rings. The minimum Gasteiger partial charge on any atom is -0.507 e. The summed E-state index contributed by atoms with van der Waals surface area (Å²) in [5.41, 5.74) is 2.52. The third-order valence-corrected chi connectivity index (χ3v) is 1.88. The van der Waals surface area contributed by atoms with E-state index in [4.69, 9.17) is 0 Å². The first-order valence-electron chi connectivity index (χ1n) is 3.78. The van der Waals surface area contributed by atoms with Crippen molar-refractivity contribution >= 4 is 12.2 Å². The molecular formula is C11H12O. The fraction of sp³-hybridized carbons (Fsp3) is 0.0909. The molecule has 0 amide bonds. The maximum atomic E-state index is 9.59. The van der Waals surface area contributed by atoms with Gasteiger partial charge in [-0.3, -0.25) is 0 Å². The summed E-state index contributed by atoms with van der Waals surface area (Å²) >= 11 is 0. The molecule has 1 aromatic carbocycles. The molecule has 0 atom stereocenters. The van der Waals surface area contributed by atoms with Crippen LogP contribution in [0, 0.1) is 6.92 Å². The number of hydrogen-bond acceptors (Lipinski definition) is 1. The highest BCUT2D eigenvalue weighted by Crippen LogP contribution is 2.26. The zero-order chi connectivity index (χ0) is 9.14. The summed E-state index contributed by atoms with van der Waals surface area (Å²) in [5.74, 6) is 0.294. The van der Waals surface area contributed by atoms with Gasteiger partial charge in [-0.2, -0.15) is 0 Å². The van der Waals surface area contributed by atoms with Crippen LogP contribution in [0.2, 0.25) is 0 Å². The second kappa shape index (κ2) is 3.26. The van der Waals surface area contributed by atoms with Crippen LogP contribution in [0.5, 0.6) is 5.75 Å². The topological polar surface area (TPSA) is 20.2 Å². The fourth-order valence-corrected chi connectivity index (χ4v) is 1.13. The normalized spacial score (nSPS) is 9.42. The standard InChI is InChI=1S/C11H12O/c1-4-9-7-6-8(3)11(12)10(9)5-2/h4-7,12H,1-2H2,3H3. The largest absolute Gasteiger partial charge is 0.507 e. The van der Waals surface area contributed by atoms with Gasteiger partial charge < -0.3 is 5.11 Å². The third-order valence-electron chi connectivity index (χ3n) is 1.88. The van der Waals surface area contributed by atoms with Crippen molar-refractivity contribution in [2.24, 2.45) is 0 Å². The number of benzene rings is 1. The van der Waals surface area contributed by atoms with Crippen molar-refractivity contribution < 1.29 is 5.11 Å². The number of aryl methyl sites for hydroxylation is 1. The monoisotopic (exact) mass is 160 g/mol. The van der Waals surface area contributed by atoms with Crippen LogP contribution < -0.4 is 0 Å². The van der Waals surface area contributed by atoms with Crippen LogP contribution in [0.4, 0.5) is 0 Å². The van der Waals surface area contributed by atoms with Crippen molar-refractivity contribution in [2.75, 3.05) is 0 Å². The van der Waals surface area contributed by atoms with Gasteiger partial charge >= 0.3 is 0 Å². The summed E-state index contributed by atoms with van der Waals surface area (Å²) in [6.45, 7) is 9.14. The van der Waals surface area contributed by atoms with Crippen molar-refractivity contribution in [3.63, 3.8) is 0 Å². The predicted molar refractivity (Wildman–Crippen MR) is 53.0 cm³/mol. The van der Waals surface area contributed by atoms with E-state index >= 15 is 0 Å². The smallest absolute Gasteiger partial charge is 0.126 e. The molecule has 1 nitrogen and oxygen atoms in total. The number of phenolic OH excluding ortho intramolecular Hbond substituents is 1. The van der Waals surface area contributed by atoms with Gasteiger partial charge in [0.15, 0.2) is 0 Å². The Kier molecular flexibility index (Phi) is 2.34. The van der Waals surface area contributed by atoms with E-state index in [0.29, 0.717) is 5.75 Å². The zero-order valence-electron chi connectivity index (χ0n) is 7.17. The van der Waals surface area contributed by atoms with Crippen LogP contribution >= 0.6 is 0 Å². The Hall–Kier alpha value is -1.50. The summed E-state index contributed by atoms with van der Waals surface area (Å²) in [5, 5.41) is 9.59. The molecule has 0 bridgehead atoms. The fourth-order valence-electron chi connectivity index (χ4n) is 1.13. The van der Waals surface area contributed by atoms with E-state index < -0.39 is 0 Å². The van der Waals surface area contributed by atoms with E-state index in [9.17, 15) is 5.11 Å². The van der Waals surface area contributed by atoms with Gasteiger partial charge in [-0.15, -0.1) is 0 Å². The maximum Gasteiger partial charge on any atom is 0.126 e. The average molecular weight is 160 g/mol. The highest BCUT2D eigenvalue weighted by Gasteiger charge is 2.03. The van der Waals surface area contributed by atoms with Crippen LogP contribution in [0.3, 0.4) is 0 Å². The lowest BCUT2D eigenvalue weighted by atomic mass is 10.0. The molecular weight excluding hydrogens is 148 g/mol. The molecule has 0 heterocycles. The molecule has 0 spiro atoms. The lowest BCUT2D eigenvalue weighted by Crippen LogP contribution is -1.84. The van der Waals surface area contributed by atoms with Gasteiger partial charge in [0.1, 0.15) is 5.75 Å². The van der Waals surface area contributed by atoms with E-state index in [-0.39, 0.29) is 0 Å². The van der Waals surface area contributed by atoms with Crippen molar-refractivity contribution in [1.29, 1.82) is 0 Å². The number of aromatic hydroxyl groups is 1. The summed E-state index contributed by atoms with van der Waals surface area (Å²) in [7, 11) is 0. The van der Waals surface area contributed by atoms with Crippen LogP contribution in [-0.2, 0) is 0 Å². The van der Waals surface area contributed by atoms with Crippen LogP contribution in [-0.4, -0.2) is 5.11 Å². The van der Waals surface area contributed by atoms with Gasteiger partial charge in [0, 0.05) is 5.56 Å². The molecule has 0 fully saturated rings. The summed E-state index contributed by atoms with van der Waals surface area (Å²) < 4.78 is 0. The molecule has 12 heavy (non-hydrogen) atoms. The van der Waals surface area contributed by atoms with Crippen LogP contribution in [0.1, 0.15) is 16.7 Å². The highest BCUT2D eigenvalue weighted by molar-refractivity contribution is 5.69. The quantitative estimate of drug-likeness (QED) is 0.705. The zero-order valence-corrected chi connectivity index (χ0v) is 7.17. The van der Waals surface area contributed by atoms with Crippen molar-refractivity contribution in [2.45, 2.75) is 6.92 Å². The van der Waals surface area contributed by atoms with Gasteiger partial charge in [-0.05, 0) is 18.1 Å². The van der Waals surface area contributed by atoms with E-state index in [2.05, 4.69) is 13.2 Å². The summed E-state index contributed by atoms with van der Waals surface area (Å²) in [6, 6.07) is 3.78. The Bertz CT molecular complexity index is 324. The Balaban J connectivity index is 3.45. The van der Waals surface area contributed by atoms with E-state index in [1.807, 2.05) is 19.1 Å². The van der Waals surface area contributed by atoms with E-state index in [1.54, 1.807) is 12.2 Å². The Labute approximate surface area is 72.7 Å². The highest BCUT2D eigenvalue weighted by atomic mass is 16.3. The Morgan fingerprint density at radius 3 is 2.42 bits per heavy atom. The molecule has 1 heteroatoms. The first kappa shape index (κ1) is 8.60. The van der Waals surface area contributed by atoms with E-state index in [1.165, 1.54) is 0 Å². The van der Waals surface area contributed by atoms with Gasteiger partial charge in [0.2, 0.25) is 0 Å². The van der Waals surface area contributed by atoms with Crippen molar-refractivity contribution in [3.8, 4) is 5.75 Å². The first-order chi connectivity index (χ1) is 5.70. The van der Waals surface area contributed by atoms with Gasteiger partial charge in [-0.25, -0.2) is 0 Å². The van der Waals surface area contributed by atoms with Crippen molar-refractivity contribution in [1.82, 2.24) is 0 Å². The second-order valence-electron chi connectivity index (χ2n) is 2.64. The number of phenols is 1. The van der Waals surface area contributed by atoms with Gasteiger partial charge in [-0.1, -0.05) is 37.4 Å². The molecule has 1 rings (SSSR count). The van der Waals surface area contributed by atoms with Crippen molar-refractivity contribution in [3.05, 3.63) is 42.0 Å². The van der Waals surface area contributed by atoms with E-state index in [0.717, 1.165) is 16.7 Å². The maximum absolute atomic E-state index is 9.59. The summed E-state index contributed by atoms with van der Waals surface area (Å²) in [6.07, 6.45) is 3.34. The molecule has 62 valence electrons. The Morgan fingerprint density at radius 1 is 1.25 bits per heavy atom. The minimum atomic E-state index is 0.294. The number of rotatable bonds is 2. The molecule has 0 aliphatic carbocycles. The molecule has 1 N–H and O–H groups in total. The number of hydrogen-bond donors (Lipinski definition) is 1. The predicted octanol–water partition coefficient (Wildman–Crippen LogP) is 2.99. The van der Waals surface area contributed by atoms with Crippen LogP contribution in [0.15, 0.2) is 25.3 Å². The molecule has 0 unspecified atom stereocenters. The molecule has 0 saturated carbocycles. The van der Waals surface area contributed by atoms with Crippen LogP contribution in [0.25, 0.3) is 12.2 Å². The molecule has 0 aliphatic heterocycles. The molecule has 0 aromatic heterocycles. The van der Waals surface area contributed by atoms with Gasteiger partial charge in [0.05, 0.1) is 0 Å². The first-order valence-corrected chi connectivity index (χ1v) is 3.78.